The van der Waals surface area contributed by atoms with Gasteiger partial charge >= 0.3 is 6.18 Å². The van der Waals surface area contributed by atoms with Crippen LogP contribution in [0.2, 0.25) is 0 Å². The lowest BCUT2D eigenvalue weighted by molar-refractivity contribution is -0.137. The van der Waals surface area contributed by atoms with Gasteiger partial charge in [-0.1, -0.05) is 24.3 Å². The number of amides is 1. The fourth-order valence-corrected chi connectivity index (χ4v) is 3.43. The highest BCUT2D eigenvalue weighted by atomic mass is 19.4. The minimum atomic E-state index is -4.38. The number of para-hydroxylation sites is 1. The Kier molecular flexibility index (Phi) is 5.32. The molecule has 1 aliphatic carbocycles. The van der Waals surface area contributed by atoms with E-state index in [4.69, 9.17) is 0 Å². The first-order valence-corrected chi connectivity index (χ1v) is 9.73. The first kappa shape index (κ1) is 20.1. The summed E-state index contributed by atoms with van der Waals surface area (Å²) in [5, 5.41) is 0.497. The fourth-order valence-electron chi connectivity index (χ4n) is 3.43. The molecule has 5 nitrogen and oxygen atoms in total. The first-order valence-electron chi connectivity index (χ1n) is 9.73. The number of nitrogens with zero attached hydrogens (tertiary/aromatic N) is 3. The van der Waals surface area contributed by atoms with Crippen LogP contribution in [0.1, 0.15) is 30.4 Å². The molecule has 1 heterocycles. The van der Waals surface area contributed by atoms with Gasteiger partial charge in [-0.25, -0.2) is 4.98 Å². The Labute approximate surface area is 170 Å². The van der Waals surface area contributed by atoms with Crippen LogP contribution < -0.4 is 5.56 Å². The van der Waals surface area contributed by atoms with Crippen molar-refractivity contribution in [2.45, 2.75) is 44.6 Å². The van der Waals surface area contributed by atoms with Gasteiger partial charge in [-0.2, -0.15) is 13.2 Å². The summed E-state index contributed by atoms with van der Waals surface area (Å²) in [6.07, 6.45) is -1.06. The number of aryl methyl sites for hydroxylation is 1. The van der Waals surface area contributed by atoms with Crippen LogP contribution in [0.5, 0.6) is 0 Å². The molecule has 0 unspecified atom stereocenters. The van der Waals surface area contributed by atoms with Crippen molar-refractivity contribution in [2.24, 2.45) is 0 Å². The van der Waals surface area contributed by atoms with Crippen molar-refractivity contribution in [3.05, 3.63) is 76.3 Å². The maximum atomic E-state index is 12.8. The minimum absolute atomic E-state index is 0.103. The molecule has 0 N–H and O–H groups in total. The number of aromatic nitrogens is 2. The van der Waals surface area contributed by atoms with Gasteiger partial charge in [0.1, 0.15) is 0 Å². The van der Waals surface area contributed by atoms with Crippen molar-refractivity contribution >= 4 is 16.8 Å². The molecule has 0 bridgehead atoms. The summed E-state index contributed by atoms with van der Waals surface area (Å²) in [5.41, 5.74) is 0.340. The normalized spacial score (nSPS) is 14.1. The smallest absolute Gasteiger partial charge is 0.335 e. The molecular formula is C22H20F3N3O2. The number of alkyl halides is 3. The third-order valence-corrected chi connectivity index (χ3v) is 5.24. The number of carbonyl (C=O) groups excluding carboxylic acids is 1. The van der Waals surface area contributed by atoms with E-state index in [1.165, 1.54) is 23.0 Å². The number of carbonyl (C=O) groups is 1. The summed E-state index contributed by atoms with van der Waals surface area (Å²) in [5.74, 6) is -0.127. The third kappa shape index (κ3) is 4.37. The van der Waals surface area contributed by atoms with Gasteiger partial charge in [0.25, 0.3) is 5.56 Å². The predicted octanol–water partition coefficient (Wildman–Crippen LogP) is 4.00. The van der Waals surface area contributed by atoms with Crippen molar-refractivity contribution in [3.8, 4) is 0 Å². The molecule has 156 valence electrons. The van der Waals surface area contributed by atoms with Crippen LogP contribution in [-0.2, 0) is 24.1 Å². The van der Waals surface area contributed by atoms with Crippen LogP contribution >= 0.6 is 0 Å². The van der Waals surface area contributed by atoms with Gasteiger partial charge in [-0.3, -0.25) is 14.2 Å². The zero-order chi connectivity index (χ0) is 21.3. The zero-order valence-corrected chi connectivity index (χ0v) is 16.1. The maximum absolute atomic E-state index is 12.8. The molecule has 1 fully saturated rings. The number of benzene rings is 2. The summed E-state index contributed by atoms with van der Waals surface area (Å²) in [7, 11) is 0. The zero-order valence-electron chi connectivity index (χ0n) is 16.1. The predicted molar refractivity (Wildman–Crippen MR) is 106 cm³/mol. The van der Waals surface area contributed by atoms with Gasteiger partial charge < -0.3 is 4.90 Å². The lowest BCUT2D eigenvalue weighted by Crippen LogP contribution is -2.34. The second-order valence-electron chi connectivity index (χ2n) is 7.46. The van der Waals surface area contributed by atoms with Gasteiger partial charge in [-0.05, 0) is 42.7 Å². The second-order valence-corrected chi connectivity index (χ2v) is 7.46. The average molecular weight is 415 g/mol. The summed E-state index contributed by atoms with van der Waals surface area (Å²) >= 11 is 0. The van der Waals surface area contributed by atoms with Gasteiger partial charge in [0.15, 0.2) is 0 Å². The van der Waals surface area contributed by atoms with Crippen LogP contribution in [0, 0.1) is 0 Å². The highest BCUT2D eigenvalue weighted by Crippen LogP contribution is 2.31. The average Bonchev–Trinajstić information content (AvgIpc) is 3.56. The van der Waals surface area contributed by atoms with E-state index in [1.807, 2.05) is 0 Å². The van der Waals surface area contributed by atoms with E-state index in [1.54, 1.807) is 29.2 Å². The molecule has 0 spiro atoms. The van der Waals surface area contributed by atoms with Gasteiger partial charge in [0, 0.05) is 25.6 Å². The topological polar surface area (TPSA) is 55.2 Å². The Balaban J connectivity index is 1.44. The van der Waals surface area contributed by atoms with Gasteiger partial charge in [0.05, 0.1) is 22.8 Å². The van der Waals surface area contributed by atoms with E-state index in [2.05, 4.69) is 4.98 Å². The second kappa shape index (κ2) is 7.93. The van der Waals surface area contributed by atoms with Gasteiger partial charge in [0.2, 0.25) is 5.91 Å². The van der Waals surface area contributed by atoms with Crippen molar-refractivity contribution < 1.29 is 18.0 Å². The van der Waals surface area contributed by atoms with E-state index in [0.29, 0.717) is 16.5 Å². The Morgan fingerprint density at radius 3 is 2.47 bits per heavy atom. The molecule has 30 heavy (non-hydrogen) atoms. The Morgan fingerprint density at radius 2 is 1.80 bits per heavy atom. The summed E-state index contributed by atoms with van der Waals surface area (Å²) in [4.78, 5) is 31.3. The van der Waals surface area contributed by atoms with E-state index < -0.39 is 11.7 Å². The lowest BCUT2D eigenvalue weighted by atomic mass is 10.1. The van der Waals surface area contributed by atoms with E-state index >= 15 is 0 Å². The SMILES string of the molecule is O=C(CCn1cnc2ccccc2c1=O)N(Cc1ccc(C(F)(F)F)cc1)C1CC1. The van der Waals surface area contributed by atoms with Crippen molar-refractivity contribution in [3.63, 3.8) is 0 Å². The highest BCUT2D eigenvalue weighted by molar-refractivity contribution is 5.78. The van der Waals surface area contributed by atoms with Crippen LogP contribution in [0.3, 0.4) is 0 Å². The number of hydrogen-bond donors (Lipinski definition) is 0. The number of rotatable bonds is 6. The minimum Gasteiger partial charge on any atom is -0.335 e. The molecule has 1 saturated carbocycles. The summed E-state index contributed by atoms with van der Waals surface area (Å²) in [6.45, 7) is 0.457. The van der Waals surface area contributed by atoms with E-state index in [9.17, 15) is 22.8 Å². The molecule has 1 amide bonds. The molecule has 1 aromatic heterocycles. The number of hydrogen-bond acceptors (Lipinski definition) is 3. The number of fused-ring (bicyclic) bond motifs is 1. The molecule has 0 saturated heterocycles. The third-order valence-electron chi connectivity index (χ3n) is 5.24. The molecule has 8 heteroatoms. The van der Waals surface area contributed by atoms with Crippen molar-refractivity contribution in [1.29, 1.82) is 0 Å². The molecule has 3 aromatic rings. The standard InChI is InChI=1S/C22H20F3N3O2/c23-22(24,25)16-7-5-15(6-8-16)13-28(17-9-10-17)20(29)11-12-27-14-26-19-4-2-1-3-18(19)21(27)30/h1-8,14,17H,9-13H2. The highest BCUT2D eigenvalue weighted by Gasteiger charge is 2.33. The number of halogens is 3. The van der Waals surface area contributed by atoms with Crippen LogP contribution in [0.25, 0.3) is 10.9 Å². The monoisotopic (exact) mass is 415 g/mol. The Bertz CT molecular complexity index is 1120. The van der Waals surface area contributed by atoms with E-state index in [0.717, 1.165) is 25.0 Å². The fraction of sp³-hybridized carbons (Fsp3) is 0.318. The van der Waals surface area contributed by atoms with Crippen molar-refractivity contribution in [2.75, 3.05) is 0 Å². The van der Waals surface area contributed by atoms with E-state index in [-0.39, 0.29) is 37.0 Å². The lowest BCUT2D eigenvalue weighted by Gasteiger charge is -2.23. The molecule has 0 radical (unpaired) electrons. The molecule has 4 rings (SSSR count). The quantitative estimate of drug-likeness (QED) is 0.612. The van der Waals surface area contributed by atoms with Gasteiger partial charge in [-0.15, -0.1) is 0 Å². The Hall–Kier alpha value is -3.16. The largest absolute Gasteiger partial charge is 0.416 e. The van der Waals surface area contributed by atoms with Crippen molar-refractivity contribution in [1.82, 2.24) is 14.5 Å². The molecule has 1 aliphatic rings. The van der Waals surface area contributed by atoms with Crippen LogP contribution in [-0.4, -0.2) is 26.4 Å². The van der Waals surface area contributed by atoms with Crippen LogP contribution in [0.15, 0.2) is 59.7 Å². The summed E-state index contributed by atoms with van der Waals surface area (Å²) < 4.78 is 39.6. The summed E-state index contributed by atoms with van der Waals surface area (Å²) in [6, 6.07) is 12.0. The molecule has 0 aliphatic heterocycles. The molecule has 0 atom stereocenters. The van der Waals surface area contributed by atoms with Crippen LogP contribution in [0.4, 0.5) is 13.2 Å². The maximum Gasteiger partial charge on any atom is 0.416 e. The first-order chi connectivity index (χ1) is 14.3. The molecular weight excluding hydrogens is 395 g/mol. The molecule has 2 aromatic carbocycles. The Morgan fingerprint density at radius 1 is 1.10 bits per heavy atom.